The molecule has 1 saturated carbocycles. The molecule has 1 aliphatic rings. The number of anilines is 1. The summed E-state index contributed by atoms with van der Waals surface area (Å²) >= 11 is 0. The number of rotatable bonds is 4. The Labute approximate surface area is 114 Å². The van der Waals surface area contributed by atoms with Gasteiger partial charge in [0.15, 0.2) is 0 Å². The van der Waals surface area contributed by atoms with Crippen LogP contribution in [0.4, 0.5) is 11.4 Å². The number of non-ortho nitro benzene ring substituents is 1. The molecule has 19 heavy (non-hydrogen) atoms. The van der Waals surface area contributed by atoms with Gasteiger partial charge in [0, 0.05) is 23.9 Å². The Morgan fingerprint density at radius 2 is 1.95 bits per heavy atom. The van der Waals surface area contributed by atoms with Gasteiger partial charge in [0.25, 0.3) is 5.69 Å². The van der Waals surface area contributed by atoms with Crippen molar-refractivity contribution in [2.24, 2.45) is 11.8 Å². The molecule has 0 aromatic heterocycles. The van der Waals surface area contributed by atoms with E-state index >= 15 is 0 Å². The first-order valence-corrected chi connectivity index (χ1v) is 7.07. The lowest BCUT2D eigenvalue weighted by Gasteiger charge is -2.31. The van der Waals surface area contributed by atoms with E-state index < -0.39 is 0 Å². The van der Waals surface area contributed by atoms with Gasteiger partial charge in [-0.25, -0.2) is 0 Å². The fourth-order valence-corrected chi connectivity index (χ4v) is 2.88. The van der Waals surface area contributed by atoms with Gasteiger partial charge in [0.1, 0.15) is 0 Å². The predicted molar refractivity (Wildman–Crippen MR) is 77.3 cm³/mol. The third-order valence-corrected chi connectivity index (χ3v) is 4.14. The summed E-state index contributed by atoms with van der Waals surface area (Å²) in [5, 5.41) is 14.2. The quantitative estimate of drug-likeness (QED) is 0.653. The van der Waals surface area contributed by atoms with Crippen LogP contribution >= 0.6 is 0 Å². The molecule has 104 valence electrons. The molecule has 2 rings (SSSR count). The largest absolute Gasteiger partial charge is 0.382 e. The summed E-state index contributed by atoms with van der Waals surface area (Å²) in [5.41, 5.74) is 1.02. The van der Waals surface area contributed by atoms with Crippen LogP contribution in [0.5, 0.6) is 0 Å². The number of nitro benzene ring substituents is 1. The monoisotopic (exact) mass is 262 g/mol. The molecule has 0 unspecified atom stereocenters. The summed E-state index contributed by atoms with van der Waals surface area (Å²) in [5.74, 6) is 1.60. The van der Waals surface area contributed by atoms with Gasteiger partial charge in [-0.2, -0.15) is 0 Å². The molecule has 1 N–H and O–H groups in total. The van der Waals surface area contributed by atoms with Crippen LogP contribution in [0, 0.1) is 22.0 Å². The number of hydrogen-bond acceptors (Lipinski definition) is 3. The van der Waals surface area contributed by atoms with Crippen LogP contribution in [0.15, 0.2) is 24.3 Å². The van der Waals surface area contributed by atoms with Gasteiger partial charge in [0.2, 0.25) is 0 Å². The summed E-state index contributed by atoms with van der Waals surface area (Å²) in [4.78, 5) is 10.4. The Bertz CT molecular complexity index is 438. The minimum atomic E-state index is -0.346. The Hall–Kier alpha value is -1.58. The first-order chi connectivity index (χ1) is 9.06. The molecule has 0 amide bonds. The van der Waals surface area contributed by atoms with Gasteiger partial charge < -0.3 is 5.32 Å². The first-order valence-electron chi connectivity index (χ1n) is 7.07. The molecule has 1 aliphatic carbocycles. The van der Waals surface area contributed by atoms with Gasteiger partial charge in [-0.3, -0.25) is 10.1 Å². The molecule has 1 fully saturated rings. The van der Waals surface area contributed by atoms with Crippen molar-refractivity contribution < 1.29 is 4.92 Å². The molecule has 0 radical (unpaired) electrons. The summed E-state index contributed by atoms with van der Waals surface area (Å²) in [6.07, 6.45) is 4.82. The minimum absolute atomic E-state index is 0.154. The molecule has 1 aromatic rings. The number of benzene rings is 1. The van der Waals surface area contributed by atoms with Crippen LogP contribution in [0.25, 0.3) is 0 Å². The van der Waals surface area contributed by atoms with Crippen molar-refractivity contribution in [3.8, 4) is 0 Å². The summed E-state index contributed by atoms with van der Waals surface area (Å²) < 4.78 is 0. The third-order valence-electron chi connectivity index (χ3n) is 4.14. The maximum Gasteiger partial charge on any atom is 0.271 e. The smallest absolute Gasteiger partial charge is 0.271 e. The molecule has 0 bridgehead atoms. The van der Waals surface area contributed by atoms with Gasteiger partial charge in [-0.05, 0) is 43.6 Å². The highest BCUT2D eigenvalue weighted by molar-refractivity contribution is 5.51. The van der Waals surface area contributed by atoms with Crippen LogP contribution in [0.1, 0.15) is 39.5 Å². The summed E-state index contributed by atoms with van der Waals surface area (Å²) in [6, 6.07) is 7.24. The van der Waals surface area contributed by atoms with E-state index in [0.717, 1.165) is 30.4 Å². The summed E-state index contributed by atoms with van der Waals surface area (Å²) in [6.45, 7) is 4.58. The standard InChI is InChI=1S/C15H22N2O2/c1-11(2)12-6-8-13(9-7-12)16-14-4-3-5-15(10-14)17(18)19/h3-5,10-13,16H,6-9H2,1-2H3. The van der Waals surface area contributed by atoms with Crippen molar-refractivity contribution >= 4 is 11.4 Å². The minimum Gasteiger partial charge on any atom is -0.382 e. The van der Waals surface area contributed by atoms with Crippen molar-refractivity contribution in [3.05, 3.63) is 34.4 Å². The first kappa shape index (κ1) is 13.8. The fraction of sp³-hybridized carbons (Fsp3) is 0.600. The molecule has 0 atom stereocenters. The highest BCUT2D eigenvalue weighted by Crippen LogP contribution is 2.31. The Morgan fingerprint density at radius 1 is 1.26 bits per heavy atom. The average Bonchev–Trinajstić information content (AvgIpc) is 2.39. The zero-order valence-electron chi connectivity index (χ0n) is 11.6. The molecular formula is C15H22N2O2. The molecule has 0 aliphatic heterocycles. The third kappa shape index (κ3) is 3.69. The van der Waals surface area contributed by atoms with E-state index in [2.05, 4.69) is 19.2 Å². The van der Waals surface area contributed by atoms with Gasteiger partial charge in [0.05, 0.1) is 4.92 Å². The maximum absolute atomic E-state index is 10.7. The topological polar surface area (TPSA) is 55.2 Å². The van der Waals surface area contributed by atoms with E-state index in [1.54, 1.807) is 12.1 Å². The molecule has 1 aromatic carbocycles. The molecule has 0 heterocycles. The molecule has 4 heteroatoms. The average molecular weight is 262 g/mol. The number of nitro groups is 1. The Morgan fingerprint density at radius 3 is 2.53 bits per heavy atom. The lowest BCUT2D eigenvalue weighted by Crippen LogP contribution is -2.27. The van der Waals surface area contributed by atoms with Crippen molar-refractivity contribution in [2.75, 3.05) is 5.32 Å². The van der Waals surface area contributed by atoms with Crippen LogP contribution in [-0.2, 0) is 0 Å². The second kappa shape index (κ2) is 6.04. The number of nitrogens with zero attached hydrogens (tertiary/aromatic N) is 1. The number of hydrogen-bond donors (Lipinski definition) is 1. The van der Waals surface area contributed by atoms with Crippen molar-refractivity contribution in [2.45, 2.75) is 45.6 Å². The highest BCUT2D eigenvalue weighted by Gasteiger charge is 2.23. The summed E-state index contributed by atoms with van der Waals surface area (Å²) in [7, 11) is 0. The van der Waals surface area contributed by atoms with Crippen molar-refractivity contribution in [1.29, 1.82) is 0 Å². The van der Waals surface area contributed by atoms with Gasteiger partial charge in [-0.15, -0.1) is 0 Å². The van der Waals surface area contributed by atoms with E-state index in [1.807, 2.05) is 6.07 Å². The van der Waals surface area contributed by atoms with Gasteiger partial charge >= 0.3 is 0 Å². The van der Waals surface area contributed by atoms with Crippen molar-refractivity contribution in [1.82, 2.24) is 0 Å². The molecule has 0 spiro atoms. The molecule has 4 nitrogen and oxygen atoms in total. The van der Waals surface area contributed by atoms with Crippen LogP contribution < -0.4 is 5.32 Å². The normalized spacial score (nSPS) is 23.3. The van der Waals surface area contributed by atoms with Crippen LogP contribution in [0.3, 0.4) is 0 Å². The van der Waals surface area contributed by atoms with E-state index in [1.165, 1.54) is 18.9 Å². The lowest BCUT2D eigenvalue weighted by molar-refractivity contribution is -0.384. The van der Waals surface area contributed by atoms with E-state index in [-0.39, 0.29) is 10.6 Å². The highest BCUT2D eigenvalue weighted by atomic mass is 16.6. The molecular weight excluding hydrogens is 240 g/mol. The zero-order valence-corrected chi connectivity index (χ0v) is 11.6. The Kier molecular flexibility index (Phi) is 4.40. The van der Waals surface area contributed by atoms with Crippen molar-refractivity contribution in [3.63, 3.8) is 0 Å². The Balaban J connectivity index is 1.92. The van der Waals surface area contributed by atoms with Gasteiger partial charge in [-0.1, -0.05) is 19.9 Å². The maximum atomic E-state index is 10.7. The molecule has 0 saturated heterocycles. The van der Waals surface area contributed by atoms with E-state index in [9.17, 15) is 10.1 Å². The number of nitrogens with one attached hydrogen (secondary N) is 1. The predicted octanol–water partition coefficient (Wildman–Crippen LogP) is 4.22. The van der Waals surface area contributed by atoms with Crippen LogP contribution in [-0.4, -0.2) is 11.0 Å². The second-order valence-electron chi connectivity index (χ2n) is 5.81. The lowest BCUT2D eigenvalue weighted by atomic mass is 9.79. The zero-order chi connectivity index (χ0) is 13.8. The van der Waals surface area contributed by atoms with E-state index in [4.69, 9.17) is 0 Å². The van der Waals surface area contributed by atoms with Crippen LogP contribution in [0.2, 0.25) is 0 Å². The second-order valence-corrected chi connectivity index (χ2v) is 5.81. The SMILES string of the molecule is CC(C)C1CCC(Nc2cccc([N+](=O)[O-])c2)CC1. The van der Waals surface area contributed by atoms with E-state index in [0.29, 0.717) is 6.04 Å². The fourth-order valence-electron chi connectivity index (χ4n) is 2.88.